The van der Waals surface area contributed by atoms with E-state index in [1.54, 1.807) is 17.1 Å². The second-order valence-corrected chi connectivity index (χ2v) is 6.54. The summed E-state index contributed by atoms with van der Waals surface area (Å²) in [7, 11) is 1.87. The molecule has 0 bridgehead atoms. The fourth-order valence-corrected chi connectivity index (χ4v) is 3.11. The Balaban J connectivity index is 1.63. The highest BCUT2D eigenvalue weighted by Gasteiger charge is 2.35. The lowest BCUT2D eigenvalue weighted by Crippen LogP contribution is -2.32. The van der Waals surface area contributed by atoms with Crippen LogP contribution in [0, 0.1) is 12.8 Å². The van der Waals surface area contributed by atoms with Crippen LogP contribution in [-0.4, -0.2) is 31.4 Å². The normalized spacial score (nSPS) is 15.5. The van der Waals surface area contributed by atoms with Crippen molar-refractivity contribution in [3.63, 3.8) is 0 Å². The molecule has 2 aromatic rings. The van der Waals surface area contributed by atoms with Crippen LogP contribution in [0.15, 0.2) is 29.8 Å². The molecule has 0 spiro atoms. The van der Waals surface area contributed by atoms with Gasteiger partial charge in [0.15, 0.2) is 5.16 Å². The summed E-state index contributed by atoms with van der Waals surface area (Å²) < 4.78 is 1.80. The molecule has 1 N–H and O–H groups in total. The molecule has 0 radical (unpaired) electrons. The van der Waals surface area contributed by atoms with Gasteiger partial charge in [-0.3, -0.25) is 9.78 Å². The molecule has 1 fully saturated rings. The van der Waals surface area contributed by atoms with Gasteiger partial charge in [-0.1, -0.05) is 17.8 Å². The molecule has 116 valence electrons. The van der Waals surface area contributed by atoms with Crippen LogP contribution in [-0.2, 0) is 11.8 Å². The molecule has 0 aromatic carbocycles. The molecule has 1 saturated carbocycles. The molecule has 1 atom stereocenters. The zero-order valence-electron chi connectivity index (χ0n) is 12.7. The first kappa shape index (κ1) is 15.0. The maximum atomic E-state index is 12.3. The van der Waals surface area contributed by atoms with Crippen molar-refractivity contribution in [3.8, 4) is 0 Å². The van der Waals surface area contributed by atoms with Gasteiger partial charge in [0.25, 0.3) is 0 Å². The maximum absolute atomic E-state index is 12.3. The number of pyridine rings is 1. The van der Waals surface area contributed by atoms with Crippen molar-refractivity contribution >= 4 is 17.7 Å². The standard InChI is InChI=1S/C15H19N5OS/c1-10-4-3-7-16-13(10)14(11-5-6-11)18-12(21)8-22-15-19-17-9-20(15)2/h3-4,7,9,11,14H,5-6,8H2,1-2H3,(H,18,21)/t14-/m0/s1. The molecule has 22 heavy (non-hydrogen) atoms. The van der Waals surface area contributed by atoms with E-state index in [4.69, 9.17) is 0 Å². The highest BCUT2D eigenvalue weighted by molar-refractivity contribution is 7.99. The lowest BCUT2D eigenvalue weighted by molar-refractivity contribution is -0.119. The number of thioether (sulfide) groups is 1. The molecule has 0 saturated heterocycles. The van der Waals surface area contributed by atoms with E-state index >= 15 is 0 Å². The van der Waals surface area contributed by atoms with Crippen LogP contribution in [0.4, 0.5) is 0 Å². The Morgan fingerprint density at radius 1 is 1.55 bits per heavy atom. The highest BCUT2D eigenvalue weighted by atomic mass is 32.2. The van der Waals surface area contributed by atoms with Crippen LogP contribution in [0.2, 0.25) is 0 Å². The molecule has 1 amide bonds. The van der Waals surface area contributed by atoms with Gasteiger partial charge in [-0.05, 0) is 37.3 Å². The Morgan fingerprint density at radius 3 is 3.00 bits per heavy atom. The number of rotatable bonds is 6. The minimum Gasteiger partial charge on any atom is -0.347 e. The Labute approximate surface area is 133 Å². The van der Waals surface area contributed by atoms with Crippen LogP contribution in [0.1, 0.15) is 30.1 Å². The van der Waals surface area contributed by atoms with Crippen LogP contribution < -0.4 is 5.32 Å². The summed E-state index contributed by atoms with van der Waals surface area (Å²) in [5.74, 6) is 0.856. The minimum atomic E-state index is 0.00922. The van der Waals surface area contributed by atoms with Crippen LogP contribution in [0.5, 0.6) is 0 Å². The van der Waals surface area contributed by atoms with Crippen molar-refractivity contribution in [1.82, 2.24) is 25.1 Å². The lowest BCUT2D eigenvalue weighted by atomic mass is 10.0. The third-order valence-corrected chi connectivity index (χ3v) is 4.79. The second kappa shape index (κ2) is 6.48. The van der Waals surface area contributed by atoms with Gasteiger partial charge in [0.2, 0.25) is 5.91 Å². The van der Waals surface area contributed by atoms with Gasteiger partial charge >= 0.3 is 0 Å². The molecule has 2 heterocycles. The second-order valence-electron chi connectivity index (χ2n) is 5.60. The first-order valence-electron chi connectivity index (χ1n) is 7.33. The molecular formula is C15H19N5OS. The van der Waals surface area contributed by atoms with E-state index in [2.05, 4.69) is 20.5 Å². The number of hydrogen-bond acceptors (Lipinski definition) is 5. The van der Waals surface area contributed by atoms with Crippen molar-refractivity contribution in [2.75, 3.05) is 5.75 Å². The predicted molar refractivity (Wildman–Crippen MR) is 84.3 cm³/mol. The topological polar surface area (TPSA) is 72.7 Å². The fraction of sp³-hybridized carbons (Fsp3) is 0.467. The Hall–Kier alpha value is -1.89. The number of carbonyl (C=O) groups is 1. The quantitative estimate of drug-likeness (QED) is 0.824. The Kier molecular flexibility index (Phi) is 4.42. The molecule has 2 aromatic heterocycles. The number of nitrogens with one attached hydrogen (secondary N) is 1. The maximum Gasteiger partial charge on any atom is 0.231 e. The smallest absolute Gasteiger partial charge is 0.231 e. The van der Waals surface area contributed by atoms with Crippen molar-refractivity contribution in [2.45, 2.75) is 31.0 Å². The first-order valence-corrected chi connectivity index (χ1v) is 8.31. The van der Waals surface area contributed by atoms with Gasteiger partial charge in [-0.15, -0.1) is 10.2 Å². The number of aromatic nitrogens is 4. The summed E-state index contributed by atoms with van der Waals surface area (Å²) in [6, 6.07) is 3.99. The van der Waals surface area contributed by atoms with Gasteiger partial charge in [0, 0.05) is 13.2 Å². The molecule has 3 rings (SSSR count). The van der Waals surface area contributed by atoms with Gasteiger partial charge in [0.1, 0.15) is 6.33 Å². The SMILES string of the molecule is Cc1cccnc1[C@@H](NC(=O)CSc1nncn1C)C1CC1. The predicted octanol–water partition coefficient (Wildman–Crippen LogP) is 1.88. The minimum absolute atomic E-state index is 0.00922. The third kappa shape index (κ3) is 3.47. The molecule has 1 aliphatic rings. The van der Waals surface area contributed by atoms with E-state index < -0.39 is 0 Å². The van der Waals surface area contributed by atoms with Crippen molar-refractivity contribution in [2.24, 2.45) is 13.0 Å². The molecule has 6 nitrogen and oxygen atoms in total. The molecular weight excluding hydrogens is 298 g/mol. The van der Waals surface area contributed by atoms with E-state index in [0.717, 1.165) is 29.3 Å². The van der Waals surface area contributed by atoms with E-state index in [1.807, 2.05) is 26.1 Å². The van der Waals surface area contributed by atoms with E-state index in [1.165, 1.54) is 11.8 Å². The van der Waals surface area contributed by atoms with E-state index in [-0.39, 0.29) is 11.9 Å². The van der Waals surface area contributed by atoms with Gasteiger partial charge in [-0.2, -0.15) is 0 Å². The van der Waals surface area contributed by atoms with Gasteiger partial charge < -0.3 is 9.88 Å². The highest BCUT2D eigenvalue weighted by Crippen LogP contribution is 2.41. The summed E-state index contributed by atoms with van der Waals surface area (Å²) in [6.45, 7) is 2.04. The number of aryl methyl sites for hydroxylation is 2. The Morgan fingerprint density at radius 2 is 2.36 bits per heavy atom. The summed E-state index contributed by atoms with van der Waals surface area (Å²) in [5.41, 5.74) is 2.11. The van der Waals surface area contributed by atoms with Crippen molar-refractivity contribution in [1.29, 1.82) is 0 Å². The molecule has 1 aliphatic carbocycles. The largest absolute Gasteiger partial charge is 0.347 e. The fourth-order valence-electron chi connectivity index (χ4n) is 2.41. The van der Waals surface area contributed by atoms with E-state index in [9.17, 15) is 4.79 Å². The van der Waals surface area contributed by atoms with Crippen molar-refractivity contribution < 1.29 is 4.79 Å². The van der Waals surface area contributed by atoms with Gasteiger partial charge in [0.05, 0.1) is 17.5 Å². The van der Waals surface area contributed by atoms with Crippen LogP contribution >= 0.6 is 11.8 Å². The summed E-state index contributed by atoms with van der Waals surface area (Å²) >= 11 is 1.39. The average Bonchev–Trinajstić information content (AvgIpc) is 3.26. The molecule has 7 heteroatoms. The van der Waals surface area contributed by atoms with Crippen molar-refractivity contribution in [3.05, 3.63) is 35.9 Å². The number of hydrogen-bond donors (Lipinski definition) is 1. The average molecular weight is 317 g/mol. The summed E-state index contributed by atoms with van der Waals surface area (Å²) in [4.78, 5) is 16.7. The Bertz CT molecular complexity index is 667. The van der Waals surface area contributed by atoms with Crippen LogP contribution in [0.3, 0.4) is 0 Å². The summed E-state index contributed by atoms with van der Waals surface area (Å²) in [6.07, 6.45) is 5.72. The number of nitrogens with zero attached hydrogens (tertiary/aromatic N) is 4. The number of amides is 1. The monoisotopic (exact) mass is 317 g/mol. The van der Waals surface area contributed by atoms with Crippen LogP contribution in [0.25, 0.3) is 0 Å². The van der Waals surface area contributed by atoms with E-state index in [0.29, 0.717) is 11.7 Å². The molecule has 0 aliphatic heterocycles. The first-order chi connectivity index (χ1) is 10.6. The summed E-state index contributed by atoms with van der Waals surface area (Å²) in [5, 5.41) is 11.7. The molecule has 0 unspecified atom stereocenters. The zero-order chi connectivity index (χ0) is 15.5. The zero-order valence-corrected chi connectivity index (χ0v) is 13.5. The van der Waals surface area contributed by atoms with Gasteiger partial charge in [-0.25, -0.2) is 0 Å². The third-order valence-electron chi connectivity index (χ3n) is 3.76. The number of carbonyl (C=O) groups excluding carboxylic acids is 1. The lowest BCUT2D eigenvalue weighted by Gasteiger charge is -2.19.